The van der Waals surface area contributed by atoms with E-state index in [1.165, 1.54) is 0 Å². The smallest absolute Gasteiger partial charge is 0.166 e. The standard InChI is InChI=1S/C35H36F12P2/c1-21(48(26-9-4-2-5-10-26)27-11-6-3-7-12-27)30-13-8-14-31(30)49(28-17-22(32(36,37)38)15-23(18-28)33(39,40)41)29-19-24(34(42,43)44)16-25(20-29)35(45,46)47/h8,13,15-21,26-27H,2-7,9-12,14H2,1H3. The number of hydrogen-bond acceptors (Lipinski definition) is 0. The normalized spacial score (nSPS) is 19.8. The molecular weight excluding hydrogens is 710 g/mol. The van der Waals surface area contributed by atoms with Crippen LogP contribution in [-0.2, 0) is 24.7 Å². The molecule has 0 amide bonds. The summed E-state index contributed by atoms with van der Waals surface area (Å²) in [5.41, 5.74) is -5.58. The van der Waals surface area contributed by atoms with E-state index >= 15 is 0 Å². The molecule has 1 unspecified atom stereocenters. The van der Waals surface area contributed by atoms with Gasteiger partial charge in [0, 0.05) is 5.66 Å². The summed E-state index contributed by atoms with van der Waals surface area (Å²) in [6.45, 7) is 1.98. The molecule has 14 heteroatoms. The number of halogens is 12. The summed E-state index contributed by atoms with van der Waals surface area (Å²) >= 11 is 0. The van der Waals surface area contributed by atoms with Gasteiger partial charge in [-0.25, -0.2) is 0 Å². The van der Waals surface area contributed by atoms with Crippen LogP contribution in [0.2, 0.25) is 0 Å². The van der Waals surface area contributed by atoms with Gasteiger partial charge >= 0.3 is 24.7 Å². The molecule has 0 aromatic heterocycles. The fraction of sp³-hybridized carbons (Fsp3) is 0.543. The van der Waals surface area contributed by atoms with E-state index in [1.54, 1.807) is 12.2 Å². The molecule has 0 N–H and O–H groups in total. The van der Waals surface area contributed by atoms with Gasteiger partial charge in [0.25, 0.3) is 0 Å². The average molecular weight is 747 g/mol. The van der Waals surface area contributed by atoms with Crippen LogP contribution < -0.4 is 10.6 Å². The summed E-state index contributed by atoms with van der Waals surface area (Å²) in [5, 5.41) is -0.915. The van der Waals surface area contributed by atoms with Crippen molar-refractivity contribution in [2.24, 2.45) is 0 Å². The molecular formula is C35H36F12P2. The van der Waals surface area contributed by atoms with Gasteiger partial charge in [-0.15, -0.1) is 0 Å². The van der Waals surface area contributed by atoms with Crippen molar-refractivity contribution in [1.29, 1.82) is 0 Å². The highest BCUT2D eigenvalue weighted by Gasteiger charge is 2.43. The van der Waals surface area contributed by atoms with Crippen LogP contribution in [0.4, 0.5) is 52.7 Å². The van der Waals surface area contributed by atoms with E-state index < -0.39 is 73.4 Å². The highest BCUT2D eigenvalue weighted by Crippen LogP contribution is 2.63. The van der Waals surface area contributed by atoms with Gasteiger partial charge in [-0.05, 0) is 109 Å². The third-order valence-electron chi connectivity index (χ3n) is 9.76. The molecule has 3 aliphatic carbocycles. The Labute approximate surface area is 279 Å². The van der Waals surface area contributed by atoms with Crippen LogP contribution in [0.3, 0.4) is 0 Å². The molecule has 2 fully saturated rings. The lowest BCUT2D eigenvalue weighted by molar-refractivity contribution is -0.144. The summed E-state index contributed by atoms with van der Waals surface area (Å²) < 4.78 is 169. The van der Waals surface area contributed by atoms with E-state index in [0.717, 1.165) is 64.2 Å². The first-order valence-corrected chi connectivity index (χ1v) is 19.2. The molecule has 5 rings (SSSR count). The van der Waals surface area contributed by atoms with Crippen LogP contribution in [0, 0.1) is 0 Å². The van der Waals surface area contributed by atoms with E-state index in [1.807, 2.05) is 6.92 Å². The van der Waals surface area contributed by atoms with Crippen molar-refractivity contribution in [2.45, 2.75) is 119 Å². The third-order valence-corrected chi connectivity index (χ3v) is 16.2. The number of allylic oxidation sites excluding steroid dienone is 4. The van der Waals surface area contributed by atoms with Crippen molar-refractivity contribution >= 4 is 26.5 Å². The summed E-state index contributed by atoms with van der Waals surface area (Å²) in [7, 11) is -3.49. The molecule has 2 aromatic rings. The van der Waals surface area contributed by atoms with Gasteiger partial charge < -0.3 is 0 Å². The lowest BCUT2D eigenvalue weighted by Crippen LogP contribution is -2.27. The zero-order valence-corrected chi connectivity index (χ0v) is 28.3. The highest BCUT2D eigenvalue weighted by atomic mass is 31.1. The molecule has 1 atom stereocenters. The molecule has 0 spiro atoms. The monoisotopic (exact) mass is 746 g/mol. The first-order chi connectivity index (χ1) is 22.7. The van der Waals surface area contributed by atoms with Crippen molar-refractivity contribution < 1.29 is 52.7 Å². The fourth-order valence-electron chi connectivity index (χ4n) is 7.56. The van der Waals surface area contributed by atoms with E-state index in [4.69, 9.17) is 0 Å². The Bertz CT molecular complexity index is 1380. The number of rotatable bonds is 7. The Morgan fingerprint density at radius 3 is 1.20 bits per heavy atom. The second-order valence-electron chi connectivity index (χ2n) is 13.1. The van der Waals surface area contributed by atoms with Gasteiger partial charge in [0.05, 0.1) is 22.3 Å². The Hall–Kier alpha value is -2.06. The molecule has 0 heterocycles. The van der Waals surface area contributed by atoms with E-state index in [2.05, 4.69) is 0 Å². The van der Waals surface area contributed by atoms with Crippen LogP contribution in [-0.4, -0.2) is 17.0 Å². The van der Waals surface area contributed by atoms with Crippen molar-refractivity contribution in [3.8, 4) is 0 Å². The molecule has 0 saturated heterocycles. The Kier molecular flexibility index (Phi) is 11.3. The molecule has 0 bridgehead atoms. The zero-order valence-electron chi connectivity index (χ0n) is 26.6. The summed E-state index contributed by atoms with van der Waals surface area (Å²) in [6.07, 6.45) is -7.42. The highest BCUT2D eigenvalue weighted by molar-refractivity contribution is 7.77. The summed E-state index contributed by atoms with van der Waals surface area (Å²) in [4.78, 5) is 0. The van der Waals surface area contributed by atoms with Gasteiger partial charge in [0.1, 0.15) is 0 Å². The Balaban J connectivity index is 1.78. The quantitative estimate of drug-likeness (QED) is 0.196. The molecule has 270 valence electrons. The lowest BCUT2D eigenvalue weighted by Gasteiger charge is -2.43. The fourth-order valence-corrected chi connectivity index (χ4v) is 14.8. The van der Waals surface area contributed by atoms with Gasteiger partial charge in [-0.2, -0.15) is 52.7 Å². The second kappa shape index (κ2) is 14.5. The summed E-state index contributed by atoms with van der Waals surface area (Å²) in [6, 6.07) is 1.64. The van der Waals surface area contributed by atoms with Gasteiger partial charge in [0.2, 0.25) is 0 Å². The first-order valence-electron chi connectivity index (χ1n) is 16.3. The Morgan fingerprint density at radius 2 is 0.878 bits per heavy atom. The maximum atomic E-state index is 14.1. The van der Waals surface area contributed by atoms with Crippen molar-refractivity contribution in [1.82, 2.24) is 0 Å². The zero-order chi connectivity index (χ0) is 35.9. The minimum atomic E-state index is -5.27. The van der Waals surface area contributed by atoms with E-state index in [-0.39, 0.29) is 24.2 Å². The molecule has 3 aliphatic rings. The van der Waals surface area contributed by atoms with Crippen LogP contribution >= 0.6 is 15.8 Å². The molecule has 0 aliphatic heterocycles. The maximum absolute atomic E-state index is 14.1. The maximum Gasteiger partial charge on any atom is 0.416 e. The second-order valence-corrected chi connectivity index (χ2v) is 18.5. The number of hydrogen-bond donors (Lipinski definition) is 0. The van der Waals surface area contributed by atoms with Gasteiger partial charge in [0.15, 0.2) is 0 Å². The van der Waals surface area contributed by atoms with E-state index in [0.29, 0.717) is 46.5 Å². The van der Waals surface area contributed by atoms with Crippen LogP contribution in [0.25, 0.3) is 0 Å². The third kappa shape index (κ3) is 8.88. The van der Waals surface area contributed by atoms with Crippen molar-refractivity contribution in [3.05, 3.63) is 81.7 Å². The van der Waals surface area contributed by atoms with Crippen LogP contribution in [0.5, 0.6) is 0 Å². The minimum Gasteiger partial charge on any atom is -0.166 e. The van der Waals surface area contributed by atoms with Crippen molar-refractivity contribution in [2.75, 3.05) is 0 Å². The number of alkyl halides is 12. The van der Waals surface area contributed by atoms with Gasteiger partial charge in [-0.1, -0.05) is 65.5 Å². The lowest BCUT2D eigenvalue weighted by atomic mass is 9.99. The predicted molar refractivity (Wildman–Crippen MR) is 170 cm³/mol. The molecule has 0 nitrogen and oxygen atoms in total. The molecule has 49 heavy (non-hydrogen) atoms. The topological polar surface area (TPSA) is 0 Å². The van der Waals surface area contributed by atoms with Gasteiger partial charge in [-0.3, -0.25) is 0 Å². The molecule has 0 radical (unpaired) electrons. The molecule has 2 saturated carbocycles. The minimum absolute atomic E-state index is 0.0148. The SMILES string of the molecule is CC(C1=C(P(c2cc(C(F)(F)F)cc(C(F)(F)F)c2)c2cc(C(F)(F)F)cc(C(F)(F)F)c2)CC=C1)P(C1CCCCC1)C1CCCCC1. The average Bonchev–Trinajstić information content (AvgIpc) is 3.50. The van der Waals surface area contributed by atoms with E-state index in [9.17, 15) is 52.7 Å². The first kappa shape index (κ1) is 38.2. The van der Waals surface area contributed by atoms with Crippen LogP contribution in [0.1, 0.15) is 99.8 Å². The van der Waals surface area contributed by atoms with Crippen LogP contribution in [0.15, 0.2) is 59.4 Å². The summed E-state index contributed by atoms with van der Waals surface area (Å²) in [5.74, 6) is 0. The Morgan fingerprint density at radius 1 is 0.531 bits per heavy atom. The molecule has 2 aromatic carbocycles. The number of benzene rings is 2. The largest absolute Gasteiger partial charge is 0.416 e. The predicted octanol–water partition coefficient (Wildman–Crippen LogP) is 12.9. The van der Waals surface area contributed by atoms with Crippen molar-refractivity contribution in [3.63, 3.8) is 0 Å².